The van der Waals surface area contributed by atoms with Gasteiger partial charge >= 0.3 is 0 Å². The third-order valence-corrected chi connectivity index (χ3v) is 4.29. The highest BCUT2D eigenvalue weighted by atomic mass is 19.1. The summed E-state index contributed by atoms with van der Waals surface area (Å²) in [6.07, 6.45) is 0. The highest BCUT2D eigenvalue weighted by Crippen LogP contribution is 2.39. The number of hydrogen-bond donors (Lipinski definition) is 2. The first kappa shape index (κ1) is 12.9. The highest BCUT2D eigenvalue weighted by Gasteiger charge is 2.12. The van der Waals surface area contributed by atoms with Gasteiger partial charge in [-0.3, -0.25) is 0 Å². The van der Waals surface area contributed by atoms with Crippen molar-refractivity contribution in [1.29, 1.82) is 0 Å². The minimum absolute atomic E-state index is 0.113. The summed E-state index contributed by atoms with van der Waals surface area (Å²) in [6.45, 7) is 1.99. The van der Waals surface area contributed by atoms with Gasteiger partial charge in [0.25, 0.3) is 0 Å². The SMILES string of the molecule is Cc1c2ccc(F)cc2cc2ccc3c(O)c(O)ccc3c12. The number of rotatable bonds is 0. The molecule has 0 saturated carbocycles. The molecule has 0 bridgehead atoms. The van der Waals surface area contributed by atoms with Gasteiger partial charge in [-0.25, -0.2) is 4.39 Å². The summed E-state index contributed by atoms with van der Waals surface area (Å²) in [4.78, 5) is 0. The summed E-state index contributed by atoms with van der Waals surface area (Å²) in [6, 6.07) is 13.7. The Labute approximate surface area is 126 Å². The third kappa shape index (κ3) is 1.65. The molecule has 0 heterocycles. The lowest BCUT2D eigenvalue weighted by Gasteiger charge is -2.12. The van der Waals surface area contributed by atoms with Crippen molar-refractivity contribution in [3.63, 3.8) is 0 Å². The van der Waals surface area contributed by atoms with E-state index in [4.69, 9.17) is 0 Å². The van der Waals surface area contributed by atoms with Crippen molar-refractivity contribution in [2.45, 2.75) is 6.92 Å². The van der Waals surface area contributed by atoms with E-state index in [1.54, 1.807) is 18.2 Å². The van der Waals surface area contributed by atoms with E-state index < -0.39 is 0 Å². The number of halogens is 1. The average molecular weight is 292 g/mol. The standard InChI is InChI=1S/C19H13FO2/c1-10-14-5-3-13(20)9-12(14)8-11-2-4-16-15(18(10)11)6-7-17(21)19(16)22/h2-9,21-22H,1H3. The van der Waals surface area contributed by atoms with Gasteiger partial charge in [0.15, 0.2) is 11.5 Å². The summed E-state index contributed by atoms with van der Waals surface area (Å²) >= 11 is 0. The normalized spacial score (nSPS) is 11.5. The van der Waals surface area contributed by atoms with E-state index in [0.717, 1.165) is 32.5 Å². The zero-order valence-electron chi connectivity index (χ0n) is 11.9. The van der Waals surface area contributed by atoms with Gasteiger partial charge in [-0.2, -0.15) is 0 Å². The predicted octanol–water partition coefficient (Wildman–Crippen LogP) is 5.00. The number of fused-ring (bicyclic) bond motifs is 4. The monoisotopic (exact) mass is 292 g/mol. The molecule has 0 aliphatic carbocycles. The molecule has 0 fully saturated rings. The first-order valence-corrected chi connectivity index (χ1v) is 7.02. The van der Waals surface area contributed by atoms with Gasteiger partial charge in [0, 0.05) is 5.39 Å². The molecule has 0 atom stereocenters. The van der Waals surface area contributed by atoms with Gasteiger partial charge in [-0.05, 0) is 75.8 Å². The van der Waals surface area contributed by atoms with E-state index in [0.29, 0.717) is 5.39 Å². The lowest BCUT2D eigenvalue weighted by Crippen LogP contribution is -1.87. The summed E-state index contributed by atoms with van der Waals surface area (Å²) in [7, 11) is 0. The first-order valence-electron chi connectivity index (χ1n) is 7.02. The molecule has 0 saturated heterocycles. The van der Waals surface area contributed by atoms with Crippen LogP contribution in [0.5, 0.6) is 11.5 Å². The fourth-order valence-corrected chi connectivity index (χ4v) is 3.23. The van der Waals surface area contributed by atoms with Crippen LogP contribution in [0, 0.1) is 12.7 Å². The first-order chi connectivity index (χ1) is 10.6. The van der Waals surface area contributed by atoms with E-state index in [1.165, 1.54) is 18.2 Å². The molecule has 4 aromatic carbocycles. The number of hydrogen-bond acceptors (Lipinski definition) is 2. The minimum atomic E-state index is -0.255. The van der Waals surface area contributed by atoms with E-state index in [9.17, 15) is 14.6 Å². The molecule has 2 N–H and O–H groups in total. The van der Waals surface area contributed by atoms with Crippen LogP contribution in [-0.2, 0) is 0 Å². The van der Waals surface area contributed by atoms with Crippen LogP contribution in [0.3, 0.4) is 0 Å². The fraction of sp³-hybridized carbons (Fsp3) is 0.0526. The topological polar surface area (TPSA) is 40.5 Å². The summed E-state index contributed by atoms with van der Waals surface area (Å²) in [5.74, 6) is -0.500. The maximum Gasteiger partial charge on any atom is 0.165 e. The molecule has 22 heavy (non-hydrogen) atoms. The van der Waals surface area contributed by atoms with Crippen LogP contribution in [0.4, 0.5) is 4.39 Å². The second-order valence-corrected chi connectivity index (χ2v) is 5.56. The second kappa shape index (κ2) is 4.34. The van der Waals surface area contributed by atoms with Crippen LogP contribution < -0.4 is 0 Å². The van der Waals surface area contributed by atoms with Gasteiger partial charge < -0.3 is 10.2 Å². The largest absolute Gasteiger partial charge is 0.504 e. The Kier molecular flexibility index (Phi) is 2.54. The Morgan fingerprint density at radius 1 is 0.773 bits per heavy atom. The minimum Gasteiger partial charge on any atom is -0.504 e. The van der Waals surface area contributed by atoms with Gasteiger partial charge in [0.05, 0.1) is 0 Å². The molecule has 0 aliphatic heterocycles. The number of phenolic OH excluding ortho intramolecular Hbond substituents is 2. The molecule has 108 valence electrons. The van der Waals surface area contributed by atoms with Crippen LogP contribution in [0.15, 0.2) is 48.5 Å². The molecule has 0 amide bonds. The maximum absolute atomic E-state index is 13.5. The molecule has 0 aromatic heterocycles. The van der Waals surface area contributed by atoms with E-state index in [-0.39, 0.29) is 17.3 Å². The predicted molar refractivity (Wildman–Crippen MR) is 87.0 cm³/mol. The van der Waals surface area contributed by atoms with Crippen molar-refractivity contribution in [1.82, 2.24) is 0 Å². The van der Waals surface area contributed by atoms with Gasteiger partial charge in [0.2, 0.25) is 0 Å². The molecule has 2 nitrogen and oxygen atoms in total. The molecular weight excluding hydrogens is 279 g/mol. The third-order valence-electron chi connectivity index (χ3n) is 4.29. The number of phenols is 2. The highest BCUT2D eigenvalue weighted by molar-refractivity contribution is 6.16. The Morgan fingerprint density at radius 3 is 2.32 bits per heavy atom. The Morgan fingerprint density at radius 2 is 1.50 bits per heavy atom. The number of benzene rings is 4. The Bertz CT molecular complexity index is 1070. The second-order valence-electron chi connectivity index (χ2n) is 5.56. The van der Waals surface area contributed by atoms with Gasteiger partial charge in [-0.1, -0.05) is 12.1 Å². The van der Waals surface area contributed by atoms with Crippen LogP contribution in [0.25, 0.3) is 32.3 Å². The lowest BCUT2D eigenvalue weighted by molar-refractivity contribution is 0.408. The van der Waals surface area contributed by atoms with Crippen molar-refractivity contribution in [3.8, 4) is 11.5 Å². The van der Waals surface area contributed by atoms with Crippen molar-refractivity contribution in [2.24, 2.45) is 0 Å². The molecule has 3 heteroatoms. The maximum atomic E-state index is 13.5. The molecular formula is C19H13FO2. The van der Waals surface area contributed by atoms with E-state index in [2.05, 4.69) is 0 Å². The Balaban J connectivity index is 2.27. The number of aryl methyl sites for hydroxylation is 1. The van der Waals surface area contributed by atoms with Crippen molar-refractivity contribution < 1.29 is 14.6 Å². The molecule has 4 rings (SSSR count). The zero-order valence-corrected chi connectivity index (χ0v) is 11.9. The number of aromatic hydroxyl groups is 2. The molecule has 0 radical (unpaired) electrons. The van der Waals surface area contributed by atoms with Crippen LogP contribution >= 0.6 is 0 Å². The smallest absolute Gasteiger partial charge is 0.165 e. The lowest BCUT2D eigenvalue weighted by atomic mass is 9.93. The van der Waals surface area contributed by atoms with Crippen LogP contribution in [0.2, 0.25) is 0 Å². The quantitative estimate of drug-likeness (QED) is 0.272. The van der Waals surface area contributed by atoms with E-state index >= 15 is 0 Å². The molecule has 0 aliphatic rings. The van der Waals surface area contributed by atoms with Crippen LogP contribution in [-0.4, -0.2) is 10.2 Å². The summed E-state index contributed by atoms with van der Waals surface area (Å²) < 4.78 is 13.5. The summed E-state index contributed by atoms with van der Waals surface area (Å²) in [5.41, 5.74) is 1.03. The molecule has 4 aromatic rings. The zero-order chi connectivity index (χ0) is 15.4. The average Bonchev–Trinajstić information content (AvgIpc) is 2.50. The van der Waals surface area contributed by atoms with Gasteiger partial charge in [-0.15, -0.1) is 0 Å². The Hall–Kier alpha value is -2.81. The van der Waals surface area contributed by atoms with Crippen molar-refractivity contribution in [3.05, 3.63) is 59.9 Å². The van der Waals surface area contributed by atoms with Crippen LogP contribution in [0.1, 0.15) is 5.56 Å². The van der Waals surface area contributed by atoms with E-state index in [1.807, 2.05) is 19.1 Å². The molecule has 0 spiro atoms. The fourth-order valence-electron chi connectivity index (χ4n) is 3.23. The van der Waals surface area contributed by atoms with Crippen molar-refractivity contribution in [2.75, 3.05) is 0 Å². The van der Waals surface area contributed by atoms with Gasteiger partial charge in [0.1, 0.15) is 5.82 Å². The van der Waals surface area contributed by atoms with Crippen molar-refractivity contribution >= 4 is 32.3 Å². The molecule has 0 unspecified atom stereocenters. The summed E-state index contributed by atoms with van der Waals surface area (Å²) in [5, 5.41) is 25.0.